The molecule has 5 aromatic rings. The largest absolute Gasteiger partial charge is 0.493 e. The molecule has 0 aliphatic carbocycles. The fourth-order valence-corrected chi connectivity index (χ4v) is 6.00. The molecule has 3 aromatic carbocycles. The van der Waals surface area contributed by atoms with Crippen LogP contribution in [-0.2, 0) is 0 Å². The van der Waals surface area contributed by atoms with Crippen LogP contribution in [0.2, 0.25) is 5.02 Å². The van der Waals surface area contributed by atoms with Crippen molar-refractivity contribution in [1.82, 2.24) is 24.8 Å². The number of amides is 1. The lowest BCUT2D eigenvalue weighted by Gasteiger charge is -2.32. The molecule has 1 amide bonds. The van der Waals surface area contributed by atoms with Crippen LogP contribution in [-0.4, -0.2) is 84.1 Å². The summed E-state index contributed by atoms with van der Waals surface area (Å²) in [5, 5.41) is 8.06. The van der Waals surface area contributed by atoms with Crippen LogP contribution in [0.3, 0.4) is 0 Å². The number of hydrogen-bond donors (Lipinski definition) is 2. The van der Waals surface area contributed by atoms with Gasteiger partial charge < -0.3 is 24.6 Å². The lowest BCUT2D eigenvalue weighted by atomic mass is 10.2. The number of halogens is 1. The molecule has 6 rings (SSSR count). The molecule has 0 bridgehead atoms. The Morgan fingerprint density at radius 2 is 1.88 bits per heavy atom. The Kier molecular flexibility index (Phi) is 8.85. The van der Waals surface area contributed by atoms with E-state index in [4.69, 9.17) is 21.1 Å². The van der Waals surface area contributed by atoms with E-state index in [0.29, 0.717) is 39.6 Å². The number of benzene rings is 3. The van der Waals surface area contributed by atoms with Crippen molar-refractivity contribution >= 4 is 66.6 Å². The maximum atomic E-state index is 12.6. The highest BCUT2D eigenvalue weighted by atomic mass is 35.5. The van der Waals surface area contributed by atoms with Crippen molar-refractivity contribution in [3.63, 3.8) is 0 Å². The third kappa shape index (κ3) is 6.97. The molecule has 2 N–H and O–H groups in total. The van der Waals surface area contributed by atoms with Crippen molar-refractivity contribution in [3.8, 4) is 11.5 Å². The summed E-state index contributed by atoms with van der Waals surface area (Å²) in [6.45, 7) is 6.02. The van der Waals surface area contributed by atoms with Crippen molar-refractivity contribution in [2.75, 3.05) is 64.1 Å². The standard InChI is InChI=1S/C31H32ClN7O3S/c1-38-10-12-39(13-11-38)9-4-14-42-27-18-24-23(17-26(27)41-2)29(34-19-33-24)35-22-7-8-28-25(16-22)36-31(43-28)37-30(40)20-5-3-6-21(32)15-20/h3,5-8,15-19H,4,9-14H2,1-2H3,(H,33,34,35)(H,36,37,40). The summed E-state index contributed by atoms with van der Waals surface area (Å²) >= 11 is 7.43. The van der Waals surface area contributed by atoms with Gasteiger partial charge in [-0.1, -0.05) is 29.0 Å². The van der Waals surface area contributed by atoms with Crippen molar-refractivity contribution in [3.05, 3.63) is 71.5 Å². The number of anilines is 3. The number of nitrogens with zero attached hydrogens (tertiary/aromatic N) is 5. The van der Waals surface area contributed by atoms with E-state index in [0.717, 1.165) is 66.0 Å². The monoisotopic (exact) mass is 617 g/mol. The van der Waals surface area contributed by atoms with Gasteiger partial charge in [-0.15, -0.1) is 0 Å². The molecule has 0 unspecified atom stereocenters. The molecular weight excluding hydrogens is 586 g/mol. The SMILES string of the molecule is COc1cc2c(Nc3ccc4sc(NC(=O)c5cccc(Cl)c5)nc4c3)ncnc2cc1OCCCN1CCN(C)CC1. The second kappa shape index (κ2) is 13.1. The molecule has 1 aliphatic rings. The van der Waals surface area contributed by atoms with Gasteiger partial charge in [0, 0.05) is 60.4 Å². The van der Waals surface area contributed by atoms with Gasteiger partial charge >= 0.3 is 0 Å². The van der Waals surface area contributed by atoms with Gasteiger partial charge in [0.15, 0.2) is 16.6 Å². The highest BCUT2D eigenvalue weighted by molar-refractivity contribution is 7.22. The maximum absolute atomic E-state index is 12.6. The Bertz CT molecular complexity index is 1760. The number of methoxy groups -OCH3 is 1. The minimum atomic E-state index is -0.264. The number of thiazole rings is 1. The fraction of sp³-hybridized carbons (Fsp3) is 0.290. The highest BCUT2D eigenvalue weighted by Gasteiger charge is 2.16. The molecule has 2 aromatic heterocycles. The normalized spacial score (nSPS) is 14.2. The third-order valence-electron chi connectivity index (χ3n) is 7.35. The first-order valence-corrected chi connectivity index (χ1v) is 15.3. The van der Waals surface area contributed by atoms with Crippen LogP contribution in [0.25, 0.3) is 21.1 Å². The Balaban J connectivity index is 1.14. The van der Waals surface area contributed by atoms with Gasteiger partial charge in [0.1, 0.15) is 12.1 Å². The number of likely N-dealkylation sites (N-methyl/N-ethyl adjacent to an activating group) is 1. The number of aromatic nitrogens is 3. The second-order valence-corrected chi connectivity index (χ2v) is 11.8. The van der Waals surface area contributed by atoms with E-state index in [-0.39, 0.29) is 5.91 Å². The van der Waals surface area contributed by atoms with Crippen LogP contribution >= 0.6 is 22.9 Å². The average molecular weight is 618 g/mol. The van der Waals surface area contributed by atoms with Gasteiger partial charge in [0.25, 0.3) is 5.91 Å². The lowest BCUT2D eigenvalue weighted by Crippen LogP contribution is -2.44. The number of rotatable bonds is 10. The third-order valence-corrected chi connectivity index (χ3v) is 8.54. The molecule has 43 heavy (non-hydrogen) atoms. The van der Waals surface area contributed by atoms with Crippen LogP contribution in [0.15, 0.2) is 60.9 Å². The predicted octanol–water partition coefficient (Wildman–Crippen LogP) is 5.91. The number of ether oxygens (including phenoxy) is 2. The van der Waals surface area contributed by atoms with Gasteiger partial charge in [-0.2, -0.15) is 0 Å². The summed E-state index contributed by atoms with van der Waals surface area (Å²) in [5.74, 6) is 1.66. The summed E-state index contributed by atoms with van der Waals surface area (Å²) in [4.78, 5) is 31.1. The van der Waals surface area contributed by atoms with Crippen molar-refractivity contribution < 1.29 is 14.3 Å². The van der Waals surface area contributed by atoms with Crippen LogP contribution in [0.1, 0.15) is 16.8 Å². The van der Waals surface area contributed by atoms with Crippen LogP contribution in [0, 0.1) is 0 Å². The molecule has 1 aliphatic heterocycles. The molecule has 12 heteroatoms. The number of fused-ring (bicyclic) bond motifs is 2. The van der Waals surface area contributed by atoms with Gasteiger partial charge in [0.05, 0.1) is 29.5 Å². The summed E-state index contributed by atoms with van der Waals surface area (Å²) < 4.78 is 12.7. The quantitative estimate of drug-likeness (QED) is 0.185. The second-order valence-electron chi connectivity index (χ2n) is 10.4. The first-order valence-electron chi connectivity index (χ1n) is 14.1. The van der Waals surface area contributed by atoms with Crippen molar-refractivity contribution in [2.24, 2.45) is 0 Å². The number of piperazine rings is 1. The van der Waals surface area contributed by atoms with Gasteiger partial charge in [-0.25, -0.2) is 15.0 Å². The van der Waals surface area contributed by atoms with E-state index in [1.807, 2.05) is 30.3 Å². The average Bonchev–Trinajstić information content (AvgIpc) is 3.41. The van der Waals surface area contributed by atoms with Crippen LogP contribution in [0.4, 0.5) is 16.6 Å². The first-order chi connectivity index (χ1) is 20.9. The van der Waals surface area contributed by atoms with E-state index < -0.39 is 0 Å². The number of carbonyl (C=O) groups is 1. The van der Waals surface area contributed by atoms with Gasteiger partial charge in [0.2, 0.25) is 0 Å². The zero-order valence-corrected chi connectivity index (χ0v) is 25.5. The molecule has 1 fully saturated rings. The molecule has 0 saturated carbocycles. The topological polar surface area (TPSA) is 105 Å². The first kappa shape index (κ1) is 29.1. The Hall–Kier alpha value is -4.03. The summed E-state index contributed by atoms with van der Waals surface area (Å²) in [6.07, 6.45) is 2.46. The molecule has 0 atom stereocenters. The van der Waals surface area contributed by atoms with E-state index in [1.54, 1.807) is 31.4 Å². The van der Waals surface area contributed by atoms with E-state index >= 15 is 0 Å². The zero-order chi connectivity index (χ0) is 29.8. The summed E-state index contributed by atoms with van der Waals surface area (Å²) in [7, 11) is 3.80. The fourth-order valence-electron chi connectivity index (χ4n) is 4.97. The summed E-state index contributed by atoms with van der Waals surface area (Å²) in [5.41, 5.74) is 2.76. The molecule has 10 nitrogen and oxygen atoms in total. The zero-order valence-electron chi connectivity index (χ0n) is 24.0. The van der Waals surface area contributed by atoms with E-state index in [9.17, 15) is 4.79 Å². The van der Waals surface area contributed by atoms with Gasteiger partial charge in [-0.3, -0.25) is 10.1 Å². The van der Waals surface area contributed by atoms with E-state index in [1.165, 1.54) is 17.7 Å². The minimum absolute atomic E-state index is 0.264. The summed E-state index contributed by atoms with van der Waals surface area (Å²) in [6, 6.07) is 16.4. The molecule has 0 spiro atoms. The van der Waals surface area contributed by atoms with Crippen molar-refractivity contribution in [1.29, 1.82) is 0 Å². The number of carbonyl (C=O) groups excluding carboxylic acids is 1. The Labute approximate surface area is 258 Å². The Morgan fingerprint density at radius 1 is 1.02 bits per heavy atom. The molecular formula is C31H32ClN7O3S. The Morgan fingerprint density at radius 3 is 2.70 bits per heavy atom. The van der Waals surface area contributed by atoms with Crippen molar-refractivity contribution in [2.45, 2.75) is 6.42 Å². The van der Waals surface area contributed by atoms with Gasteiger partial charge in [-0.05, 0) is 55.9 Å². The number of hydrogen-bond acceptors (Lipinski definition) is 10. The maximum Gasteiger partial charge on any atom is 0.257 e. The number of nitrogens with one attached hydrogen (secondary N) is 2. The lowest BCUT2D eigenvalue weighted by molar-refractivity contribution is 0.102. The van der Waals surface area contributed by atoms with Crippen LogP contribution < -0.4 is 20.1 Å². The predicted molar refractivity (Wildman–Crippen MR) is 172 cm³/mol. The molecule has 1 saturated heterocycles. The smallest absolute Gasteiger partial charge is 0.257 e. The minimum Gasteiger partial charge on any atom is -0.493 e. The molecule has 222 valence electrons. The highest BCUT2D eigenvalue weighted by Crippen LogP contribution is 2.36. The molecule has 0 radical (unpaired) electrons. The molecule has 3 heterocycles. The van der Waals surface area contributed by atoms with Crippen LogP contribution in [0.5, 0.6) is 11.5 Å². The van der Waals surface area contributed by atoms with E-state index in [2.05, 4.69) is 42.4 Å².